The molecular weight excluding hydrogens is 202 g/mol. The van der Waals surface area contributed by atoms with Gasteiger partial charge in [0.25, 0.3) is 0 Å². The van der Waals surface area contributed by atoms with Crippen LogP contribution in [0, 0.1) is 5.41 Å². The van der Waals surface area contributed by atoms with Gasteiger partial charge >= 0.3 is 6.09 Å². The van der Waals surface area contributed by atoms with Crippen LogP contribution >= 0.6 is 0 Å². The number of alkyl carbamates (subject to hydrolysis) is 1. The number of hydrogen-bond acceptors (Lipinski definition) is 2. The molecule has 1 amide bonds. The Morgan fingerprint density at radius 3 is 2.50 bits per heavy atom. The average Bonchev–Trinajstić information content (AvgIpc) is 1.96. The first-order valence-corrected chi connectivity index (χ1v) is 6.17. The van der Waals surface area contributed by atoms with Crippen LogP contribution < -0.4 is 5.32 Å². The summed E-state index contributed by atoms with van der Waals surface area (Å²) in [5.74, 6) is 0. The maximum atomic E-state index is 11.6. The van der Waals surface area contributed by atoms with E-state index in [1.54, 1.807) is 0 Å². The number of amides is 1. The van der Waals surface area contributed by atoms with Crippen molar-refractivity contribution in [3.63, 3.8) is 0 Å². The van der Waals surface area contributed by atoms with Crippen LogP contribution in [0.25, 0.3) is 0 Å². The van der Waals surface area contributed by atoms with Crippen molar-refractivity contribution in [1.29, 1.82) is 0 Å². The monoisotopic (exact) mass is 227 g/mol. The Balaban J connectivity index is 2.40. The van der Waals surface area contributed by atoms with Crippen molar-refractivity contribution in [1.82, 2.24) is 5.32 Å². The highest BCUT2D eigenvalue weighted by molar-refractivity contribution is 5.68. The lowest BCUT2D eigenvalue weighted by Crippen LogP contribution is -2.43. The van der Waals surface area contributed by atoms with Gasteiger partial charge in [0.05, 0.1) is 0 Å². The van der Waals surface area contributed by atoms with Crippen LogP contribution in [-0.2, 0) is 4.74 Å². The molecule has 1 fully saturated rings. The predicted molar refractivity (Wildman–Crippen MR) is 65.4 cm³/mol. The molecule has 16 heavy (non-hydrogen) atoms. The minimum absolute atomic E-state index is 0.276. The fourth-order valence-corrected chi connectivity index (χ4v) is 2.30. The molecule has 0 aromatic heterocycles. The molecule has 0 aliphatic heterocycles. The Bertz CT molecular complexity index is 253. The second-order valence-corrected chi connectivity index (χ2v) is 6.60. The van der Waals surface area contributed by atoms with Crippen molar-refractivity contribution in [3.05, 3.63) is 0 Å². The zero-order valence-corrected chi connectivity index (χ0v) is 11.2. The first kappa shape index (κ1) is 13.3. The van der Waals surface area contributed by atoms with E-state index in [0.29, 0.717) is 5.41 Å². The second-order valence-electron chi connectivity index (χ2n) is 6.60. The summed E-state index contributed by atoms with van der Waals surface area (Å²) in [6.45, 7) is 10.2. The largest absolute Gasteiger partial charge is 0.444 e. The van der Waals surface area contributed by atoms with Crippen LogP contribution in [0.15, 0.2) is 0 Å². The van der Waals surface area contributed by atoms with Gasteiger partial charge < -0.3 is 10.1 Å². The highest BCUT2D eigenvalue weighted by Crippen LogP contribution is 2.35. The molecule has 3 heteroatoms. The minimum atomic E-state index is -0.408. The van der Waals surface area contributed by atoms with Crippen molar-refractivity contribution in [2.45, 2.75) is 71.9 Å². The van der Waals surface area contributed by atoms with Gasteiger partial charge in [0.1, 0.15) is 5.60 Å². The summed E-state index contributed by atoms with van der Waals surface area (Å²) in [6, 6.07) is 0.276. The molecule has 94 valence electrons. The molecule has 0 bridgehead atoms. The van der Waals surface area contributed by atoms with Crippen LogP contribution in [-0.4, -0.2) is 17.7 Å². The van der Waals surface area contributed by atoms with Crippen LogP contribution in [0.4, 0.5) is 4.79 Å². The van der Waals surface area contributed by atoms with E-state index in [0.717, 1.165) is 12.8 Å². The van der Waals surface area contributed by atoms with Gasteiger partial charge in [-0.25, -0.2) is 4.79 Å². The van der Waals surface area contributed by atoms with E-state index in [2.05, 4.69) is 19.2 Å². The number of nitrogens with one attached hydrogen (secondary N) is 1. The molecule has 1 saturated carbocycles. The number of hydrogen-bond donors (Lipinski definition) is 1. The molecule has 0 radical (unpaired) electrons. The zero-order valence-electron chi connectivity index (χ0n) is 11.2. The summed E-state index contributed by atoms with van der Waals surface area (Å²) < 4.78 is 5.26. The van der Waals surface area contributed by atoms with Gasteiger partial charge in [0.15, 0.2) is 0 Å². The Kier molecular flexibility index (Phi) is 3.87. The summed E-state index contributed by atoms with van der Waals surface area (Å²) in [6.07, 6.45) is 4.28. The average molecular weight is 227 g/mol. The Morgan fingerprint density at radius 2 is 2.00 bits per heavy atom. The number of rotatable bonds is 1. The van der Waals surface area contributed by atoms with E-state index in [1.165, 1.54) is 12.8 Å². The Labute approximate surface area is 98.9 Å². The number of ether oxygens (including phenoxy) is 1. The summed E-state index contributed by atoms with van der Waals surface area (Å²) >= 11 is 0. The van der Waals surface area contributed by atoms with Crippen molar-refractivity contribution in [2.75, 3.05) is 0 Å². The molecule has 0 aromatic carbocycles. The van der Waals surface area contributed by atoms with Crippen molar-refractivity contribution < 1.29 is 9.53 Å². The molecule has 1 aliphatic rings. The van der Waals surface area contributed by atoms with Crippen LogP contribution in [0.3, 0.4) is 0 Å². The first-order valence-electron chi connectivity index (χ1n) is 6.17. The third kappa shape index (κ3) is 4.86. The van der Waals surface area contributed by atoms with E-state index < -0.39 is 5.60 Å². The lowest BCUT2D eigenvalue weighted by Gasteiger charge is -2.35. The topological polar surface area (TPSA) is 38.3 Å². The molecular formula is C13H25NO2. The molecule has 0 aromatic rings. The van der Waals surface area contributed by atoms with Crippen LogP contribution in [0.1, 0.15) is 60.3 Å². The number of carbonyl (C=O) groups is 1. The van der Waals surface area contributed by atoms with Crippen LogP contribution in [0.2, 0.25) is 0 Å². The van der Waals surface area contributed by atoms with Gasteiger partial charge in [0.2, 0.25) is 0 Å². The lowest BCUT2D eigenvalue weighted by atomic mass is 9.75. The molecule has 0 heterocycles. The van der Waals surface area contributed by atoms with Gasteiger partial charge in [-0.3, -0.25) is 0 Å². The van der Waals surface area contributed by atoms with Gasteiger partial charge in [-0.15, -0.1) is 0 Å². The lowest BCUT2D eigenvalue weighted by molar-refractivity contribution is 0.0470. The fourth-order valence-electron chi connectivity index (χ4n) is 2.30. The maximum absolute atomic E-state index is 11.6. The van der Waals surface area contributed by atoms with E-state index >= 15 is 0 Å². The van der Waals surface area contributed by atoms with Crippen molar-refractivity contribution in [3.8, 4) is 0 Å². The predicted octanol–water partition coefficient (Wildman–Crippen LogP) is 3.48. The van der Waals surface area contributed by atoms with Crippen molar-refractivity contribution in [2.24, 2.45) is 5.41 Å². The van der Waals surface area contributed by atoms with E-state index in [4.69, 9.17) is 4.74 Å². The normalized spacial score (nSPS) is 24.9. The quantitative estimate of drug-likeness (QED) is 0.744. The fraction of sp³-hybridized carbons (Fsp3) is 0.923. The molecule has 1 atom stereocenters. The molecule has 0 spiro atoms. The molecule has 1 rings (SSSR count). The summed E-state index contributed by atoms with van der Waals surface area (Å²) in [4.78, 5) is 11.6. The first-order chi connectivity index (χ1) is 7.18. The smallest absolute Gasteiger partial charge is 0.407 e. The number of carbonyl (C=O) groups excluding carboxylic acids is 1. The molecule has 1 unspecified atom stereocenters. The molecule has 0 saturated heterocycles. The van der Waals surface area contributed by atoms with Crippen LogP contribution in [0.5, 0.6) is 0 Å². The van der Waals surface area contributed by atoms with Gasteiger partial charge in [-0.1, -0.05) is 20.3 Å². The standard InChI is InChI=1S/C13H25NO2/c1-12(2,3)16-11(15)14-10-7-6-8-13(4,5)9-10/h10H,6-9H2,1-5H3,(H,14,15). The Morgan fingerprint density at radius 1 is 1.38 bits per heavy atom. The minimum Gasteiger partial charge on any atom is -0.444 e. The van der Waals surface area contributed by atoms with Gasteiger partial charge in [-0.05, 0) is 45.4 Å². The maximum Gasteiger partial charge on any atom is 0.407 e. The van der Waals surface area contributed by atoms with Crippen molar-refractivity contribution >= 4 is 6.09 Å². The molecule has 1 N–H and O–H groups in total. The zero-order chi connectivity index (χ0) is 12.4. The summed E-state index contributed by atoms with van der Waals surface area (Å²) in [7, 11) is 0. The molecule has 3 nitrogen and oxygen atoms in total. The highest BCUT2D eigenvalue weighted by Gasteiger charge is 2.29. The second kappa shape index (κ2) is 4.64. The SMILES string of the molecule is CC1(C)CCCC(NC(=O)OC(C)(C)C)C1. The van der Waals surface area contributed by atoms with E-state index in [-0.39, 0.29) is 12.1 Å². The highest BCUT2D eigenvalue weighted by atomic mass is 16.6. The summed E-state index contributed by atoms with van der Waals surface area (Å²) in [5, 5.41) is 2.97. The van der Waals surface area contributed by atoms with Gasteiger partial charge in [0, 0.05) is 6.04 Å². The Hall–Kier alpha value is -0.730. The summed E-state index contributed by atoms with van der Waals surface area (Å²) in [5.41, 5.74) is -0.0633. The molecule has 1 aliphatic carbocycles. The van der Waals surface area contributed by atoms with E-state index in [1.807, 2.05) is 20.8 Å². The van der Waals surface area contributed by atoms with E-state index in [9.17, 15) is 4.79 Å². The third-order valence-corrected chi connectivity index (χ3v) is 2.93. The third-order valence-electron chi connectivity index (χ3n) is 2.93. The van der Waals surface area contributed by atoms with Gasteiger partial charge in [-0.2, -0.15) is 0 Å².